The number of nitrogens with two attached hydrogens (primary N) is 1. The van der Waals surface area contributed by atoms with E-state index in [1.54, 1.807) is 0 Å². The summed E-state index contributed by atoms with van der Waals surface area (Å²) in [6.45, 7) is 2.83. The van der Waals surface area contributed by atoms with E-state index in [2.05, 4.69) is 0 Å². The van der Waals surface area contributed by atoms with Gasteiger partial charge in [0.15, 0.2) is 6.10 Å². The van der Waals surface area contributed by atoms with Gasteiger partial charge in [0.2, 0.25) is 0 Å². The van der Waals surface area contributed by atoms with E-state index in [-0.39, 0.29) is 5.97 Å². The number of benzene rings is 1. The van der Waals surface area contributed by atoms with Crippen LogP contribution in [0.15, 0.2) is 18.2 Å². The van der Waals surface area contributed by atoms with Gasteiger partial charge >= 0.3 is 5.97 Å². The maximum Gasteiger partial charge on any atom is 0.347 e. The molecule has 1 aromatic carbocycles. The van der Waals surface area contributed by atoms with Crippen LogP contribution in [0.25, 0.3) is 0 Å². The highest BCUT2D eigenvalue weighted by atomic mass is 16.6. The molecule has 1 aromatic rings. The molecule has 1 heterocycles. The monoisotopic (exact) mass is 221 g/mol. The van der Waals surface area contributed by atoms with Gasteiger partial charge in [-0.25, -0.2) is 4.79 Å². The highest BCUT2D eigenvalue weighted by Crippen LogP contribution is 2.23. The average molecular weight is 221 g/mol. The Morgan fingerprint density at radius 2 is 2.38 bits per heavy atom. The molecule has 2 rings (SSSR count). The lowest BCUT2D eigenvalue weighted by molar-refractivity contribution is -0.143. The number of rotatable bonds is 3. The predicted molar refractivity (Wildman–Crippen MR) is 59.1 cm³/mol. The van der Waals surface area contributed by atoms with Crippen LogP contribution in [-0.4, -0.2) is 18.7 Å². The molecule has 0 radical (unpaired) electrons. The number of hydrogen-bond acceptors (Lipinski definition) is 4. The van der Waals surface area contributed by atoms with Crippen LogP contribution < -0.4 is 10.5 Å². The van der Waals surface area contributed by atoms with Crippen LogP contribution in [0, 0.1) is 6.92 Å². The Kier molecular flexibility index (Phi) is 3.10. The number of carbonyl (C=O) groups is 1. The molecule has 1 fully saturated rings. The second-order valence-corrected chi connectivity index (χ2v) is 3.88. The minimum absolute atomic E-state index is 0.288. The zero-order chi connectivity index (χ0) is 11.5. The number of cyclic esters (lactones) is 1. The number of carbonyl (C=O) groups excluding carboxylic acids is 1. The molecule has 0 aliphatic carbocycles. The van der Waals surface area contributed by atoms with Crippen LogP contribution in [0.5, 0.6) is 5.75 Å². The van der Waals surface area contributed by atoms with Crippen LogP contribution in [0.3, 0.4) is 0 Å². The fraction of sp³-hybridized carbons (Fsp3) is 0.417. The van der Waals surface area contributed by atoms with E-state index in [4.69, 9.17) is 15.2 Å². The Labute approximate surface area is 94.3 Å². The van der Waals surface area contributed by atoms with E-state index in [9.17, 15) is 4.79 Å². The molecule has 0 saturated carbocycles. The van der Waals surface area contributed by atoms with E-state index < -0.39 is 6.10 Å². The molecule has 0 spiro atoms. The lowest BCUT2D eigenvalue weighted by atomic mass is 10.1. The van der Waals surface area contributed by atoms with Crippen LogP contribution in [0.1, 0.15) is 17.5 Å². The lowest BCUT2D eigenvalue weighted by Gasteiger charge is -2.13. The van der Waals surface area contributed by atoms with Crippen LogP contribution in [0.4, 0.5) is 0 Å². The van der Waals surface area contributed by atoms with Crippen molar-refractivity contribution in [2.24, 2.45) is 5.73 Å². The first-order chi connectivity index (χ1) is 7.70. The third-order valence-corrected chi connectivity index (χ3v) is 2.59. The minimum Gasteiger partial charge on any atom is -0.478 e. The number of aryl methyl sites for hydroxylation is 1. The van der Waals surface area contributed by atoms with E-state index in [1.165, 1.54) is 0 Å². The summed E-state index contributed by atoms with van der Waals surface area (Å²) < 4.78 is 10.4. The summed E-state index contributed by atoms with van der Waals surface area (Å²) in [5.74, 6) is 0.389. The maximum atomic E-state index is 11.3. The molecule has 4 heteroatoms. The Morgan fingerprint density at radius 1 is 1.56 bits per heavy atom. The van der Waals surface area contributed by atoms with Crippen molar-refractivity contribution in [2.45, 2.75) is 26.0 Å². The van der Waals surface area contributed by atoms with E-state index in [0.29, 0.717) is 25.3 Å². The van der Waals surface area contributed by atoms with Gasteiger partial charge in [-0.05, 0) is 13.0 Å². The highest BCUT2D eigenvalue weighted by molar-refractivity contribution is 5.76. The molecule has 86 valence electrons. The van der Waals surface area contributed by atoms with E-state index >= 15 is 0 Å². The molecule has 1 aliphatic heterocycles. The SMILES string of the molecule is Cc1ccc(OC2CCOC2=O)c(CN)c1. The van der Waals surface area contributed by atoms with Crippen LogP contribution in [0.2, 0.25) is 0 Å². The average Bonchev–Trinajstić information content (AvgIpc) is 2.67. The van der Waals surface area contributed by atoms with Crippen molar-refractivity contribution < 1.29 is 14.3 Å². The van der Waals surface area contributed by atoms with Crippen LogP contribution >= 0.6 is 0 Å². The van der Waals surface area contributed by atoms with Crippen molar-refractivity contribution in [2.75, 3.05) is 6.61 Å². The van der Waals surface area contributed by atoms with Gasteiger partial charge < -0.3 is 15.2 Å². The first kappa shape index (κ1) is 11.0. The normalized spacial score (nSPS) is 19.6. The number of ether oxygens (including phenoxy) is 2. The van der Waals surface area contributed by atoms with Crippen molar-refractivity contribution in [3.05, 3.63) is 29.3 Å². The quantitative estimate of drug-likeness (QED) is 0.778. The van der Waals surface area contributed by atoms with Gasteiger partial charge in [-0.2, -0.15) is 0 Å². The Balaban J connectivity index is 2.17. The van der Waals surface area contributed by atoms with Gasteiger partial charge in [0, 0.05) is 18.5 Å². The van der Waals surface area contributed by atoms with Gasteiger partial charge in [0.25, 0.3) is 0 Å². The minimum atomic E-state index is -0.479. The van der Waals surface area contributed by atoms with Crippen molar-refractivity contribution in [1.82, 2.24) is 0 Å². The standard InChI is InChI=1S/C12H15NO3/c1-8-2-3-10(9(6-8)7-13)16-11-4-5-15-12(11)14/h2-3,6,11H,4-5,7,13H2,1H3. The fourth-order valence-corrected chi connectivity index (χ4v) is 1.72. The summed E-state index contributed by atoms with van der Waals surface area (Å²) in [7, 11) is 0. The molecular weight excluding hydrogens is 206 g/mol. The molecule has 2 N–H and O–H groups in total. The third-order valence-electron chi connectivity index (χ3n) is 2.59. The highest BCUT2D eigenvalue weighted by Gasteiger charge is 2.28. The summed E-state index contributed by atoms with van der Waals surface area (Å²) in [5.41, 5.74) is 7.68. The first-order valence-electron chi connectivity index (χ1n) is 5.33. The second kappa shape index (κ2) is 4.53. The summed E-state index contributed by atoms with van der Waals surface area (Å²) in [5, 5.41) is 0. The molecule has 0 aromatic heterocycles. The topological polar surface area (TPSA) is 61.5 Å². The largest absolute Gasteiger partial charge is 0.478 e. The summed E-state index contributed by atoms with van der Waals surface area (Å²) in [6, 6.07) is 5.76. The van der Waals surface area contributed by atoms with Crippen molar-refractivity contribution in [1.29, 1.82) is 0 Å². The van der Waals surface area contributed by atoms with Crippen molar-refractivity contribution in [3.63, 3.8) is 0 Å². The molecule has 1 unspecified atom stereocenters. The first-order valence-corrected chi connectivity index (χ1v) is 5.33. The molecule has 0 amide bonds. The molecule has 1 aliphatic rings. The molecule has 4 nitrogen and oxygen atoms in total. The maximum absolute atomic E-state index is 11.3. The Morgan fingerprint density at radius 3 is 3.00 bits per heavy atom. The van der Waals surface area contributed by atoms with Gasteiger partial charge in [-0.3, -0.25) is 0 Å². The number of hydrogen-bond donors (Lipinski definition) is 1. The molecule has 0 bridgehead atoms. The van der Waals surface area contributed by atoms with Gasteiger partial charge in [0.05, 0.1) is 6.61 Å². The number of esters is 1. The summed E-state index contributed by atoms with van der Waals surface area (Å²) in [6.07, 6.45) is 0.129. The van der Waals surface area contributed by atoms with E-state index in [0.717, 1.165) is 11.1 Å². The lowest BCUT2D eigenvalue weighted by Crippen LogP contribution is -2.22. The van der Waals surface area contributed by atoms with Crippen LogP contribution in [-0.2, 0) is 16.1 Å². The zero-order valence-electron chi connectivity index (χ0n) is 9.23. The smallest absolute Gasteiger partial charge is 0.347 e. The molecule has 1 atom stereocenters. The summed E-state index contributed by atoms with van der Waals surface area (Å²) in [4.78, 5) is 11.3. The van der Waals surface area contributed by atoms with Gasteiger partial charge in [0.1, 0.15) is 5.75 Å². The van der Waals surface area contributed by atoms with Gasteiger partial charge in [-0.15, -0.1) is 0 Å². The van der Waals surface area contributed by atoms with Crippen molar-refractivity contribution in [3.8, 4) is 5.75 Å². The fourth-order valence-electron chi connectivity index (χ4n) is 1.72. The Hall–Kier alpha value is -1.55. The predicted octanol–water partition coefficient (Wildman–Crippen LogP) is 1.15. The second-order valence-electron chi connectivity index (χ2n) is 3.88. The molecular formula is C12H15NO3. The van der Waals surface area contributed by atoms with Crippen molar-refractivity contribution >= 4 is 5.97 Å². The molecule has 1 saturated heterocycles. The third kappa shape index (κ3) is 2.17. The molecule has 16 heavy (non-hydrogen) atoms. The zero-order valence-corrected chi connectivity index (χ0v) is 9.23. The van der Waals surface area contributed by atoms with Gasteiger partial charge in [-0.1, -0.05) is 17.7 Å². The Bertz CT molecular complexity index is 403. The summed E-state index contributed by atoms with van der Waals surface area (Å²) >= 11 is 0. The van der Waals surface area contributed by atoms with E-state index in [1.807, 2.05) is 25.1 Å².